The number of hydrogen-bond acceptors (Lipinski definition) is 6. The minimum absolute atomic E-state index is 0.0208. The number of halogens is 1. The second-order valence-electron chi connectivity index (χ2n) is 7.64. The fourth-order valence-electron chi connectivity index (χ4n) is 3.60. The Morgan fingerprint density at radius 2 is 1.76 bits per heavy atom. The van der Waals surface area contributed by atoms with Gasteiger partial charge in [0, 0.05) is 41.4 Å². The summed E-state index contributed by atoms with van der Waals surface area (Å²) in [5, 5.41) is 11.9. The third-order valence-electron chi connectivity index (χ3n) is 5.29. The summed E-state index contributed by atoms with van der Waals surface area (Å²) in [4.78, 5) is 11.1. The molecule has 0 unspecified atom stereocenters. The Morgan fingerprint density at radius 3 is 2.45 bits per heavy atom. The van der Waals surface area contributed by atoms with Crippen molar-refractivity contribution in [3.63, 3.8) is 0 Å². The zero-order chi connectivity index (χ0) is 23.6. The van der Waals surface area contributed by atoms with E-state index in [0.717, 1.165) is 5.56 Å². The number of hydrogen-bond donors (Lipinski definition) is 0. The molecule has 0 aromatic heterocycles. The Morgan fingerprint density at radius 1 is 1.06 bits per heavy atom. The van der Waals surface area contributed by atoms with Crippen molar-refractivity contribution in [2.45, 2.75) is 31.5 Å². The van der Waals surface area contributed by atoms with Crippen LogP contribution < -0.4 is 4.74 Å². The Kier molecular flexibility index (Phi) is 6.66. The average Bonchev–Trinajstić information content (AvgIpc) is 2.80. The number of ether oxygens (including phenoxy) is 2. The molecule has 4 rings (SSSR count). The van der Waals surface area contributed by atoms with Gasteiger partial charge in [-0.3, -0.25) is 10.1 Å². The Balaban J connectivity index is 1.80. The molecule has 10 heteroatoms. The van der Waals surface area contributed by atoms with Crippen molar-refractivity contribution >= 4 is 27.3 Å². The molecule has 0 spiro atoms. The number of non-ortho nitro benzene ring substituents is 1. The van der Waals surface area contributed by atoms with Crippen molar-refractivity contribution in [3.05, 3.63) is 98.1 Å². The van der Waals surface area contributed by atoms with Gasteiger partial charge in [0.1, 0.15) is 5.75 Å². The molecule has 0 radical (unpaired) electrons. The van der Waals surface area contributed by atoms with E-state index in [9.17, 15) is 18.5 Å². The van der Waals surface area contributed by atoms with E-state index < -0.39 is 14.9 Å². The number of rotatable bonds is 7. The first-order valence-electron chi connectivity index (χ1n) is 10.1. The fraction of sp³-hybridized carbons (Fsp3) is 0.217. The van der Waals surface area contributed by atoms with Gasteiger partial charge >= 0.3 is 0 Å². The highest BCUT2D eigenvalue weighted by molar-refractivity contribution is 7.89. The van der Waals surface area contributed by atoms with Crippen LogP contribution in [0.15, 0.2) is 65.6 Å². The summed E-state index contributed by atoms with van der Waals surface area (Å²) in [7, 11) is -3.97. The minimum atomic E-state index is -3.97. The Hall–Kier alpha value is -2.98. The van der Waals surface area contributed by atoms with Gasteiger partial charge in [0.15, 0.2) is 6.79 Å². The molecule has 33 heavy (non-hydrogen) atoms. The third kappa shape index (κ3) is 5.01. The van der Waals surface area contributed by atoms with E-state index in [1.165, 1.54) is 28.6 Å². The second kappa shape index (κ2) is 9.48. The summed E-state index contributed by atoms with van der Waals surface area (Å²) in [6, 6.07) is 16.2. The molecule has 0 saturated heterocycles. The van der Waals surface area contributed by atoms with E-state index in [0.29, 0.717) is 27.5 Å². The van der Waals surface area contributed by atoms with E-state index in [1.807, 2.05) is 6.92 Å². The van der Waals surface area contributed by atoms with Gasteiger partial charge in [-0.2, -0.15) is 4.31 Å². The number of sulfonamides is 1. The van der Waals surface area contributed by atoms with Crippen LogP contribution in [-0.4, -0.2) is 24.4 Å². The van der Waals surface area contributed by atoms with Crippen molar-refractivity contribution in [1.82, 2.24) is 4.31 Å². The number of benzene rings is 3. The van der Waals surface area contributed by atoms with Gasteiger partial charge in [-0.25, -0.2) is 8.42 Å². The van der Waals surface area contributed by atoms with E-state index in [2.05, 4.69) is 0 Å². The maximum atomic E-state index is 13.6. The molecule has 0 aliphatic carbocycles. The summed E-state index contributed by atoms with van der Waals surface area (Å²) in [5.41, 5.74) is 2.25. The molecule has 1 aliphatic heterocycles. The topological polar surface area (TPSA) is 99.0 Å². The lowest BCUT2D eigenvalue weighted by atomic mass is 10.1. The van der Waals surface area contributed by atoms with E-state index in [1.54, 1.807) is 36.4 Å². The van der Waals surface area contributed by atoms with Crippen LogP contribution in [0, 0.1) is 17.0 Å². The highest BCUT2D eigenvalue weighted by Crippen LogP contribution is 2.35. The van der Waals surface area contributed by atoms with Gasteiger partial charge in [0.2, 0.25) is 10.0 Å². The fourth-order valence-corrected chi connectivity index (χ4v) is 5.19. The van der Waals surface area contributed by atoms with Crippen LogP contribution in [0.2, 0.25) is 5.02 Å². The molecule has 0 atom stereocenters. The lowest BCUT2D eigenvalue weighted by molar-refractivity contribution is -0.385. The first-order chi connectivity index (χ1) is 15.8. The van der Waals surface area contributed by atoms with Crippen molar-refractivity contribution in [2.75, 3.05) is 6.79 Å². The standard InChI is InChI=1S/C23H21ClN2O6S/c1-16-6-8-21(9-7-16)33(29,30)25(12-17-4-2-3-5-22(17)24)13-18-10-20(26(27)28)11-19-14-31-15-32-23(18)19/h2-11H,12-15H2,1H3. The van der Waals surface area contributed by atoms with Crippen molar-refractivity contribution < 1.29 is 22.8 Å². The summed E-state index contributed by atoms with van der Waals surface area (Å²) >= 11 is 6.32. The third-order valence-corrected chi connectivity index (χ3v) is 7.47. The number of aryl methyl sites for hydroxylation is 1. The molecule has 0 fully saturated rings. The predicted octanol–water partition coefficient (Wildman–Crippen LogP) is 4.81. The molecule has 0 N–H and O–H groups in total. The number of nitro benzene ring substituents is 1. The molecule has 8 nitrogen and oxygen atoms in total. The van der Waals surface area contributed by atoms with Gasteiger partial charge in [0.25, 0.3) is 5.69 Å². The van der Waals surface area contributed by atoms with Gasteiger partial charge in [-0.05, 0) is 30.7 Å². The minimum Gasteiger partial charge on any atom is -0.467 e. The largest absolute Gasteiger partial charge is 0.467 e. The lowest BCUT2D eigenvalue weighted by Gasteiger charge is -2.26. The van der Waals surface area contributed by atoms with Crippen LogP contribution in [-0.2, 0) is 34.5 Å². The maximum absolute atomic E-state index is 13.6. The lowest BCUT2D eigenvalue weighted by Crippen LogP contribution is -2.31. The molecule has 1 aliphatic rings. The molecule has 1 heterocycles. The Labute approximate surface area is 196 Å². The first-order valence-corrected chi connectivity index (χ1v) is 11.9. The Bertz CT molecular complexity index is 1290. The van der Waals surface area contributed by atoms with Crippen LogP contribution in [0.25, 0.3) is 0 Å². The second-order valence-corrected chi connectivity index (χ2v) is 9.98. The van der Waals surface area contributed by atoms with Crippen LogP contribution in [0.5, 0.6) is 5.75 Å². The average molecular weight is 489 g/mol. The summed E-state index contributed by atoms with van der Waals surface area (Å²) in [6.07, 6.45) is 0. The zero-order valence-electron chi connectivity index (χ0n) is 17.7. The molecular weight excluding hydrogens is 468 g/mol. The number of nitrogens with zero attached hydrogens (tertiary/aromatic N) is 2. The van der Waals surface area contributed by atoms with Gasteiger partial charge in [0.05, 0.1) is 16.4 Å². The molecule has 3 aromatic carbocycles. The van der Waals surface area contributed by atoms with Crippen LogP contribution in [0.3, 0.4) is 0 Å². The highest BCUT2D eigenvalue weighted by Gasteiger charge is 2.29. The van der Waals surface area contributed by atoms with Gasteiger partial charge in [-0.1, -0.05) is 47.5 Å². The van der Waals surface area contributed by atoms with Gasteiger partial charge < -0.3 is 9.47 Å². The first kappa shape index (κ1) is 23.2. The summed E-state index contributed by atoms with van der Waals surface area (Å²) in [5.74, 6) is 0.398. The van der Waals surface area contributed by atoms with Crippen LogP contribution in [0.4, 0.5) is 5.69 Å². The smallest absolute Gasteiger partial charge is 0.270 e. The van der Waals surface area contributed by atoms with E-state index in [-0.39, 0.29) is 37.1 Å². The van der Waals surface area contributed by atoms with Crippen LogP contribution >= 0.6 is 11.6 Å². The highest BCUT2D eigenvalue weighted by atomic mass is 35.5. The maximum Gasteiger partial charge on any atom is 0.270 e. The normalized spacial score (nSPS) is 13.4. The SMILES string of the molecule is Cc1ccc(S(=O)(=O)N(Cc2ccccc2Cl)Cc2cc([N+](=O)[O-])cc3c2OCOC3)cc1. The monoisotopic (exact) mass is 488 g/mol. The van der Waals surface area contributed by atoms with Crippen LogP contribution in [0.1, 0.15) is 22.3 Å². The van der Waals surface area contributed by atoms with Crippen molar-refractivity contribution in [3.8, 4) is 5.75 Å². The van der Waals surface area contributed by atoms with Crippen molar-refractivity contribution in [1.29, 1.82) is 0 Å². The molecule has 0 saturated carbocycles. The number of fused-ring (bicyclic) bond motifs is 1. The number of nitro groups is 1. The predicted molar refractivity (Wildman–Crippen MR) is 122 cm³/mol. The molecule has 172 valence electrons. The zero-order valence-corrected chi connectivity index (χ0v) is 19.3. The summed E-state index contributed by atoms with van der Waals surface area (Å²) in [6.45, 7) is 1.81. The van der Waals surface area contributed by atoms with E-state index >= 15 is 0 Å². The van der Waals surface area contributed by atoms with Crippen molar-refractivity contribution in [2.24, 2.45) is 0 Å². The van der Waals surface area contributed by atoms with Gasteiger partial charge in [-0.15, -0.1) is 0 Å². The molecule has 3 aromatic rings. The summed E-state index contributed by atoms with van der Waals surface area (Å²) < 4.78 is 39.4. The quantitative estimate of drug-likeness (QED) is 0.349. The molecule has 0 amide bonds. The molecule has 0 bridgehead atoms. The van der Waals surface area contributed by atoms with E-state index in [4.69, 9.17) is 21.1 Å². The molecular formula is C23H21ClN2O6S.